The van der Waals surface area contributed by atoms with Crippen molar-refractivity contribution in [1.82, 2.24) is 19.9 Å². The first-order chi connectivity index (χ1) is 14.8. The third kappa shape index (κ3) is 4.55. The van der Waals surface area contributed by atoms with Crippen LogP contribution in [0.1, 0.15) is 56.4 Å². The maximum absolute atomic E-state index is 12.9. The van der Waals surface area contributed by atoms with E-state index in [0.717, 1.165) is 42.6 Å². The minimum atomic E-state index is -4.63. The van der Waals surface area contributed by atoms with Gasteiger partial charge in [0.15, 0.2) is 5.69 Å². The number of hydrogen-bond acceptors (Lipinski definition) is 6. The molecule has 0 spiro atoms. The molecule has 0 fully saturated rings. The fourth-order valence-corrected chi connectivity index (χ4v) is 4.01. The number of amides is 2. The second kappa shape index (κ2) is 8.42. The zero-order valence-corrected chi connectivity index (χ0v) is 16.8. The van der Waals surface area contributed by atoms with E-state index in [0.29, 0.717) is 12.3 Å². The molecule has 1 atom stereocenters. The Morgan fingerprint density at radius 2 is 1.94 bits per heavy atom. The van der Waals surface area contributed by atoms with E-state index in [9.17, 15) is 22.8 Å². The van der Waals surface area contributed by atoms with E-state index in [1.165, 1.54) is 5.56 Å². The van der Waals surface area contributed by atoms with Crippen LogP contribution < -0.4 is 10.6 Å². The second-order valence-corrected chi connectivity index (χ2v) is 7.74. The molecule has 7 nitrogen and oxygen atoms in total. The Morgan fingerprint density at radius 3 is 2.74 bits per heavy atom. The summed E-state index contributed by atoms with van der Waals surface area (Å²) in [5, 5.41) is 9.15. The van der Waals surface area contributed by atoms with Gasteiger partial charge in [0.25, 0.3) is 11.8 Å². The first-order valence-corrected chi connectivity index (χ1v) is 10.1. The molecule has 1 aliphatic carbocycles. The molecule has 0 bridgehead atoms. The maximum Gasteiger partial charge on any atom is 0.417 e. The molecular formula is C20H16F3N5O2S. The lowest BCUT2D eigenvalue weighted by molar-refractivity contribution is -0.137. The summed E-state index contributed by atoms with van der Waals surface area (Å²) in [6, 6.07) is 8.33. The Morgan fingerprint density at radius 1 is 1.13 bits per heavy atom. The number of aryl methyl sites for hydroxylation is 1. The first kappa shape index (κ1) is 20.9. The number of carbonyl (C=O) groups is 2. The number of rotatable bonds is 4. The van der Waals surface area contributed by atoms with Crippen LogP contribution >= 0.6 is 11.5 Å². The Balaban J connectivity index is 1.50. The zero-order chi connectivity index (χ0) is 22.0. The highest BCUT2D eigenvalue weighted by molar-refractivity contribution is 7.10. The number of fused-ring (bicyclic) bond motifs is 1. The highest BCUT2D eigenvalue weighted by atomic mass is 32.1. The Labute approximate surface area is 178 Å². The lowest BCUT2D eigenvalue weighted by atomic mass is 9.88. The molecule has 0 saturated heterocycles. The van der Waals surface area contributed by atoms with Crippen molar-refractivity contribution in [3.63, 3.8) is 0 Å². The number of halogens is 3. The van der Waals surface area contributed by atoms with Crippen LogP contribution in [-0.2, 0) is 12.6 Å². The van der Waals surface area contributed by atoms with Crippen molar-refractivity contribution in [3.8, 4) is 0 Å². The lowest BCUT2D eigenvalue weighted by Gasteiger charge is -2.26. The largest absolute Gasteiger partial charge is 0.417 e. The van der Waals surface area contributed by atoms with E-state index in [2.05, 4.69) is 25.2 Å². The number of benzene rings is 1. The summed E-state index contributed by atoms with van der Waals surface area (Å²) in [6.45, 7) is 0. The summed E-state index contributed by atoms with van der Waals surface area (Å²) >= 11 is 0.762. The third-order valence-electron chi connectivity index (χ3n) is 4.93. The van der Waals surface area contributed by atoms with Crippen LogP contribution in [0.15, 0.2) is 42.7 Å². The summed E-state index contributed by atoms with van der Waals surface area (Å²) in [5.41, 5.74) is 0.764. The molecule has 160 valence electrons. The quantitative estimate of drug-likeness (QED) is 0.630. The highest BCUT2D eigenvalue weighted by Crippen LogP contribution is 2.31. The minimum absolute atomic E-state index is 0.0454. The average molecular weight is 447 g/mol. The van der Waals surface area contributed by atoms with Gasteiger partial charge in [0, 0.05) is 23.9 Å². The van der Waals surface area contributed by atoms with E-state index in [1.807, 2.05) is 24.3 Å². The van der Waals surface area contributed by atoms with E-state index in [4.69, 9.17) is 0 Å². The van der Waals surface area contributed by atoms with Crippen molar-refractivity contribution >= 4 is 28.3 Å². The molecule has 0 radical (unpaired) electrons. The van der Waals surface area contributed by atoms with Crippen LogP contribution in [0.3, 0.4) is 0 Å². The van der Waals surface area contributed by atoms with Gasteiger partial charge in [0.1, 0.15) is 5.00 Å². The van der Waals surface area contributed by atoms with Crippen LogP contribution in [0.4, 0.5) is 18.2 Å². The summed E-state index contributed by atoms with van der Waals surface area (Å²) in [6.07, 6.45) is -0.366. The first-order valence-electron chi connectivity index (χ1n) is 9.37. The maximum atomic E-state index is 12.9. The molecule has 4 rings (SSSR count). The Bertz CT molecular complexity index is 1130. The molecule has 2 heterocycles. The van der Waals surface area contributed by atoms with E-state index in [1.54, 1.807) is 0 Å². The van der Waals surface area contributed by atoms with Crippen molar-refractivity contribution < 1.29 is 22.8 Å². The number of carbonyl (C=O) groups excluding carboxylic acids is 2. The molecule has 11 heteroatoms. The summed E-state index contributed by atoms with van der Waals surface area (Å²) in [7, 11) is 0. The van der Waals surface area contributed by atoms with Crippen LogP contribution in [0, 0.1) is 0 Å². The van der Waals surface area contributed by atoms with Gasteiger partial charge in [-0.1, -0.05) is 28.8 Å². The second-order valence-electron chi connectivity index (χ2n) is 6.98. The van der Waals surface area contributed by atoms with Crippen molar-refractivity contribution in [3.05, 3.63) is 70.7 Å². The fourth-order valence-electron chi connectivity index (χ4n) is 3.45. The Hall–Kier alpha value is -3.34. The van der Waals surface area contributed by atoms with Gasteiger partial charge < -0.3 is 10.6 Å². The summed E-state index contributed by atoms with van der Waals surface area (Å²) in [5.74, 6) is -1.37. The monoisotopic (exact) mass is 447 g/mol. The number of pyridine rings is 1. The molecule has 31 heavy (non-hydrogen) atoms. The molecule has 2 aromatic heterocycles. The van der Waals surface area contributed by atoms with Crippen molar-refractivity contribution in [2.24, 2.45) is 0 Å². The molecule has 1 unspecified atom stereocenters. The number of hydrogen-bond donors (Lipinski definition) is 2. The SMILES string of the molecule is O=C(Nc1snnc1C(=O)NC1CCCc2ccccc21)c1cncc(C(F)(F)F)c1. The van der Waals surface area contributed by atoms with Gasteiger partial charge in [-0.2, -0.15) is 13.2 Å². The Kier molecular flexibility index (Phi) is 5.68. The van der Waals surface area contributed by atoms with Crippen LogP contribution in [-0.4, -0.2) is 26.4 Å². The molecule has 0 aliphatic heterocycles. The van der Waals surface area contributed by atoms with Gasteiger partial charge in [-0.3, -0.25) is 14.6 Å². The number of nitrogens with zero attached hydrogens (tertiary/aromatic N) is 3. The highest BCUT2D eigenvalue weighted by Gasteiger charge is 2.32. The summed E-state index contributed by atoms with van der Waals surface area (Å²) < 4.78 is 42.3. The van der Waals surface area contributed by atoms with Crippen molar-refractivity contribution in [2.75, 3.05) is 5.32 Å². The fraction of sp³-hybridized carbons (Fsp3) is 0.250. The third-order valence-corrected chi connectivity index (χ3v) is 5.57. The number of anilines is 1. The van der Waals surface area contributed by atoms with Gasteiger partial charge in [-0.15, -0.1) is 5.10 Å². The normalized spacial score (nSPS) is 15.8. The van der Waals surface area contributed by atoms with Gasteiger partial charge in [-0.25, -0.2) is 0 Å². The van der Waals surface area contributed by atoms with Crippen LogP contribution in [0.5, 0.6) is 0 Å². The predicted molar refractivity (Wildman–Crippen MR) is 107 cm³/mol. The molecular weight excluding hydrogens is 431 g/mol. The van der Waals surface area contributed by atoms with Crippen LogP contribution in [0.25, 0.3) is 0 Å². The van der Waals surface area contributed by atoms with E-state index >= 15 is 0 Å². The van der Waals surface area contributed by atoms with Crippen molar-refractivity contribution in [2.45, 2.75) is 31.5 Å². The van der Waals surface area contributed by atoms with Gasteiger partial charge >= 0.3 is 6.18 Å². The van der Waals surface area contributed by atoms with E-state index < -0.39 is 23.6 Å². The number of nitrogens with one attached hydrogen (secondary N) is 2. The lowest BCUT2D eigenvalue weighted by Crippen LogP contribution is -2.31. The molecule has 0 saturated carbocycles. The topological polar surface area (TPSA) is 96.9 Å². The molecule has 3 aromatic rings. The number of aromatic nitrogens is 3. The van der Waals surface area contributed by atoms with Crippen LogP contribution in [0.2, 0.25) is 0 Å². The predicted octanol–water partition coefficient (Wildman–Crippen LogP) is 4.01. The molecule has 2 N–H and O–H groups in total. The molecule has 1 aromatic carbocycles. The molecule has 2 amide bonds. The van der Waals surface area contributed by atoms with Gasteiger partial charge in [0.05, 0.1) is 17.2 Å². The van der Waals surface area contributed by atoms with Crippen molar-refractivity contribution in [1.29, 1.82) is 0 Å². The van der Waals surface area contributed by atoms with Gasteiger partial charge in [0.2, 0.25) is 0 Å². The average Bonchev–Trinajstić information content (AvgIpc) is 3.22. The standard InChI is InChI=1S/C20H16F3N5O2S/c21-20(22,23)13-8-12(9-24-10-13)17(29)26-19-16(27-28-31-19)18(30)25-15-7-3-5-11-4-1-2-6-14(11)15/h1-2,4,6,8-10,15H,3,5,7H2,(H,25,30)(H,26,29). The number of alkyl halides is 3. The minimum Gasteiger partial charge on any atom is -0.344 e. The van der Waals surface area contributed by atoms with Gasteiger partial charge in [-0.05, 0) is 36.5 Å². The zero-order valence-electron chi connectivity index (χ0n) is 15.9. The molecule has 1 aliphatic rings. The summed E-state index contributed by atoms with van der Waals surface area (Å²) in [4.78, 5) is 28.7. The van der Waals surface area contributed by atoms with E-state index in [-0.39, 0.29) is 22.3 Å². The smallest absolute Gasteiger partial charge is 0.344 e.